The van der Waals surface area contributed by atoms with Crippen molar-refractivity contribution in [2.24, 2.45) is 5.41 Å². The molecule has 0 bridgehead atoms. The Bertz CT molecular complexity index is 509. The number of aromatic nitrogens is 2. The fraction of sp³-hybridized carbons (Fsp3) is 0.667. The van der Waals surface area contributed by atoms with Gasteiger partial charge >= 0.3 is 0 Å². The van der Waals surface area contributed by atoms with Crippen LogP contribution in [0.2, 0.25) is 0 Å². The van der Waals surface area contributed by atoms with Gasteiger partial charge in [-0.15, -0.1) is 0 Å². The quantitative estimate of drug-likeness (QED) is 0.842. The molecule has 108 valence electrons. The zero-order valence-corrected chi connectivity index (χ0v) is 11.9. The number of hydrogen-bond donors (Lipinski definition) is 1. The maximum atomic E-state index is 12.4. The molecule has 20 heavy (non-hydrogen) atoms. The summed E-state index contributed by atoms with van der Waals surface area (Å²) in [5, 5.41) is 6.79. The summed E-state index contributed by atoms with van der Waals surface area (Å²) in [6.45, 7) is 2.26. The lowest BCUT2D eigenvalue weighted by molar-refractivity contribution is -0.155. The smallest absolute Gasteiger partial charge is 0.230 e. The average Bonchev–Trinajstić information content (AvgIpc) is 2.80. The SMILES string of the molecule is Cc1[nH]ncc1CN1C(=O)CC2(CCCCC2)CC1=O. The molecule has 1 spiro atoms. The van der Waals surface area contributed by atoms with E-state index in [1.54, 1.807) is 6.20 Å². The second kappa shape index (κ2) is 5.04. The lowest BCUT2D eigenvalue weighted by Crippen LogP contribution is -2.48. The summed E-state index contributed by atoms with van der Waals surface area (Å²) >= 11 is 0. The molecule has 0 atom stereocenters. The molecule has 1 aromatic rings. The molecule has 5 nitrogen and oxygen atoms in total. The minimum absolute atomic E-state index is 0.0104. The second-order valence-electron chi connectivity index (χ2n) is 6.31. The molecule has 0 radical (unpaired) electrons. The van der Waals surface area contributed by atoms with Crippen molar-refractivity contribution in [3.05, 3.63) is 17.5 Å². The van der Waals surface area contributed by atoms with Crippen molar-refractivity contribution in [1.29, 1.82) is 0 Å². The average molecular weight is 275 g/mol. The second-order valence-corrected chi connectivity index (χ2v) is 6.31. The van der Waals surface area contributed by atoms with Crippen LogP contribution in [0.3, 0.4) is 0 Å². The van der Waals surface area contributed by atoms with Crippen LogP contribution in [0.4, 0.5) is 0 Å². The standard InChI is InChI=1S/C15H21N3O2/c1-11-12(9-16-17-11)10-18-13(19)7-15(8-14(18)20)5-3-2-4-6-15/h9H,2-8,10H2,1H3,(H,16,17). The Balaban J connectivity index is 1.74. The monoisotopic (exact) mass is 275 g/mol. The third kappa shape index (κ3) is 2.37. The van der Waals surface area contributed by atoms with Crippen LogP contribution in [0.25, 0.3) is 0 Å². The van der Waals surface area contributed by atoms with Crippen molar-refractivity contribution in [3.8, 4) is 0 Å². The van der Waals surface area contributed by atoms with E-state index in [0.29, 0.717) is 19.4 Å². The number of amides is 2. The topological polar surface area (TPSA) is 66.1 Å². The first-order valence-corrected chi connectivity index (χ1v) is 7.42. The Kier molecular flexibility index (Phi) is 3.36. The fourth-order valence-electron chi connectivity index (χ4n) is 3.57. The van der Waals surface area contributed by atoms with Crippen molar-refractivity contribution >= 4 is 11.8 Å². The highest BCUT2D eigenvalue weighted by molar-refractivity contribution is 5.98. The van der Waals surface area contributed by atoms with Crippen molar-refractivity contribution in [1.82, 2.24) is 15.1 Å². The Labute approximate surface area is 118 Å². The Morgan fingerprint density at radius 3 is 2.40 bits per heavy atom. The molecule has 0 aromatic carbocycles. The number of aromatic amines is 1. The molecule has 1 saturated carbocycles. The third-order valence-corrected chi connectivity index (χ3v) is 4.83. The number of aryl methyl sites for hydroxylation is 1. The van der Waals surface area contributed by atoms with Gasteiger partial charge in [-0.25, -0.2) is 0 Å². The van der Waals surface area contributed by atoms with Crippen LogP contribution in [0.1, 0.15) is 56.2 Å². The van der Waals surface area contributed by atoms with E-state index >= 15 is 0 Å². The van der Waals surface area contributed by atoms with Crippen LogP contribution in [0.15, 0.2) is 6.20 Å². The Morgan fingerprint density at radius 2 is 1.85 bits per heavy atom. The van der Waals surface area contributed by atoms with Gasteiger partial charge < -0.3 is 0 Å². The normalized spacial score (nSPS) is 22.6. The molecule has 1 aliphatic carbocycles. The largest absolute Gasteiger partial charge is 0.283 e. The van der Waals surface area contributed by atoms with E-state index in [9.17, 15) is 9.59 Å². The number of nitrogens with one attached hydrogen (secondary N) is 1. The van der Waals surface area contributed by atoms with Crippen molar-refractivity contribution in [2.75, 3.05) is 0 Å². The van der Waals surface area contributed by atoms with Crippen LogP contribution in [0.5, 0.6) is 0 Å². The first-order valence-electron chi connectivity index (χ1n) is 7.42. The molecule has 2 amide bonds. The van der Waals surface area contributed by atoms with E-state index in [4.69, 9.17) is 0 Å². The number of imide groups is 1. The molecule has 2 heterocycles. The van der Waals surface area contributed by atoms with Crippen LogP contribution >= 0.6 is 0 Å². The lowest BCUT2D eigenvalue weighted by atomic mass is 9.67. The predicted molar refractivity (Wildman–Crippen MR) is 73.6 cm³/mol. The predicted octanol–water partition coefficient (Wildman–Crippen LogP) is 2.32. The molecule has 2 fully saturated rings. The summed E-state index contributed by atoms with van der Waals surface area (Å²) in [6, 6.07) is 0. The Morgan fingerprint density at radius 1 is 1.20 bits per heavy atom. The highest BCUT2D eigenvalue weighted by atomic mass is 16.2. The van der Waals surface area contributed by atoms with Gasteiger partial charge in [0.15, 0.2) is 0 Å². The zero-order chi connectivity index (χ0) is 14.2. The van der Waals surface area contributed by atoms with E-state index in [-0.39, 0.29) is 17.2 Å². The van der Waals surface area contributed by atoms with Crippen molar-refractivity contribution < 1.29 is 9.59 Å². The molecule has 2 aliphatic rings. The lowest BCUT2D eigenvalue weighted by Gasteiger charge is -2.42. The summed E-state index contributed by atoms with van der Waals surface area (Å²) in [6.07, 6.45) is 8.38. The number of hydrogen-bond acceptors (Lipinski definition) is 3. The molecule has 1 aliphatic heterocycles. The summed E-state index contributed by atoms with van der Waals surface area (Å²) in [7, 11) is 0. The molecule has 0 unspecified atom stereocenters. The third-order valence-electron chi connectivity index (χ3n) is 4.83. The number of nitrogens with zero attached hydrogens (tertiary/aromatic N) is 2. The van der Waals surface area contributed by atoms with Gasteiger partial charge in [0.05, 0.1) is 12.7 Å². The molecule has 5 heteroatoms. The molecular formula is C15H21N3O2. The summed E-state index contributed by atoms with van der Waals surface area (Å²) in [4.78, 5) is 26.2. The van der Waals surface area contributed by atoms with E-state index < -0.39 is 0 Å². The molecular weight excluding hydrogens is 254 g/mol. The van der Waals surface area contributed by atoms with Gasteiger partial charge in [-0.1, -0.05) is 19.3 Å². The molecule has 1 N–H and O–H groups in total. The Hall–Kier alpha value is -1.65. The van der Waals surface area contributed by atoms with Crippen LogP contribution in [-0.4, -0.2) is 26.9 Å². The van der Waals surface area contributed by atoms with Gasteiger partial charge in [0.1, 0.15) is 0 Å². The maximum Gasteiger partial charge on any atom is 0.230 e. The number of carbonyl (C=O) groups is 2. The van der Waals surface area contributed by atoms with Gasteiger partial charge in [0.2, 0.25) is 11.8 Å². The minimum Gasteiger partial charge on any atom is -0.283 e. The number of H-pyrrole nitrogens is 1. The molecule has 1 aromatic heterocycles. The summed E-state index contributed by atoms with van der Waals surface area (Å²) in [5.74, 6) is -0.0208. The fourth-order valence-corrected chi connectivity index (χ4v) is 3.57. The molecule has 1 saturated heterocycles. The van der Waals surface area contributed by atoms with Gasteiger partial charge in [-0.2, -0.15) is 5.10 Å². The zero-order valence-electron chi connectivity index (χ0n) is 11.9. The first-order chi connectivity index (χ1) is 9.60. The number of piperidine rings is 1. The first kappa shape index (κ1) is 13.3. The van der Waals surface area contributed by atoms with Crippen molar-refractivity contribution in [2.45, 2.75) is 58.4 Å². The van der Waals surface area contributed by atoms with Gasteiger partial charge in [0.25, 0.3) is 0 Å². The van der Waals surface area contributed by atoms with Gasteiger partial charge in [-0.05, 0) is 25.2 Å². The van der Waals surface area contributed by atoms with E-state index in [1.807, 2.05) is 6.92 Å². The number of rotatable bonds is 2. The van der Waals surface area contributed by atoms with Crippen molar-refractivity contribution in [3.63, 3.8) is 0 Å². The minimum atomic E-state index is -0.0334. The number of likely N-dealkylation sites (tertiary alicyclic amines) is 1. The van der Waals surface area contributed by atoms with Crippen LogP contribution in [-0.2, 0) is 16.1 Å². The van der Waals surface area contributed by atoms with Crippen LogP contribution < -0.4 is 0 Å². The van der Waals surface area contributed by atoms with Gasteiger partial charge in [-0.3, -0.25) is 19.6 Å². The summed E-state index contributed by atoms with van der Waals surface area (Å²) < 4.78 is 0. The van der Waals surface area contributed by atoms with E-state index in [1.165, 1.54) is 11.3 Å². The van der Waals surface area contributed by atoms with E-state index in [2.05, 4.69) is 10.2 Å². The highest BCUT2D eigenvalue weighted by Crippen LogP contribution is 2.45. The van der Waals surface area contributed by atoms with Gasteiger partial charge in [0, 0.05) is 24.1 Å². The maximum absolute atomic E-state index is 12.4. The van der Waals surface area contributed by atoms with Crippen LogP contribution in [0, 0.1) is 12.3 Å². The van der Waals surface area contributed by atoms with E-state index in [0.717, 1.165) is 36.9 Å². The number of carbonyl (C=O) groups excluding carboxylic acids is 2. The molecule has 3 rings (SSSR count). The highest BCUT2D eigenvalue weighted by Gasteiger charge is 2.43. The summed E-state index contributed by atoms with van der Waals surface area (Å²) in [5.41, 5.74) is 1.81.